The monoisotopic (exact) mass is 522 g/mol. The molecular weight excluding hydrogens is 468 g/mol. The zero-order valence-electron chi connectivity index (χ0n) is 25.1. The van der Waals surface area contributed by atoms with E-state index in [0.717, 1.165) is 25.2 Å². The molecule has 1 saturated carbocycles. The summed E-state index contributed by atoms with van der Waals surface area (Å²) in [6.45, 7) is 16.7. The second-order valence-corrected chi connectivity index (χ2v) is 13.4. The number of hydrogen-bond donors (Lipinski definition) is 0. The highest BCUT2D eigenvalue weighted by molar-refractivity contribution is 5.84. The van der Waals surface area contributed by atoms with E-state index in [1.807, 2.05) is 0 Å². The zero-order valence-corrected chi connectivity index (χ0v) is 25.1. The first-order valence-electron chi connectivity index (χ1n) is 14.5. The third-order valence-corrected chi connectivity index (χ3v) is 7.46. The average Bonchev–Trinajstić information content (AvgIpc) is 2.70. The highest BCUT2D eigenvalue weighted by atomic mass is 16.6. The third-order valence-electron chi connectivity index (χ3n) is 7.46. The molecule has 6 nitrogen and oxygen atoms in total. The van der Waals surface area contributed by atoms with Crippen LogP contribution in [0.2, 0.25) is 0 Å². The van der Waals surface area contributed by atoms with E-state index in [4.69, 9.17) is 9.47 Å². The second kappa shape index (κ2) is 15.0. The Kier molecular flexibility index (Phi) is 13.5. The van der Waals surface area contributed by atoms with E-state index in [1.54, 1.807) is 27.7 Å². The van der Waals surface area contributed by atoms with Crippen LogP contribution in [0.4, 0.5) is 0 Å². The topological polar surface area (TPSA) is 86.7 Å². The first-order chi connectivity index (χ1) is 17.0. The van der Waals surface area contributed by atoms with Gasteiger partial charge in [0.1, 0.15) is 22.8 Å². The van der Waals surface area contributed by atoms with Gasteiger partial charge in [-0.1, -0.05) is 59.3 Å². The van der Waals surface area contributed by atoms with Gasteiger partial charge in [0.2, 0.25) is 0 Å². The Balaban J connectivity index is 2.86. The predicted molar refractivity (Wildman–Crippen MR) is 147 cm³/mol. The lowest BCUT2D eigenvalue weighted by molar-refractivity contribution is -0.179. The maximum Gasteiger partial charge on any atom is 0.310 e. The van der Waals surface area contributed by atoms with Crippen molar-refractivity contribution in [1.82, 2.24) is 0 Å². The molecule has 0 heterocycles. The van der Waals surface area contributed by atoms with Crippen molar-refractivity contribution in [2.24, 2.45) is 29.6 Å². The number of carbonyl (C=O) groups is 4. The SMILES string of the molecule is CC(=O)CC(C)(C)OC(=O)C1CCC(CCCC(C)CCCC(C)C)CC1C(=O)OC(C)(C)CC(C)=O. The van der Waals surface area contributed by atoms with E-state index in [9.17, 15) is 19.2 Å². The van der Waals surface area contributed by atoms with Gasteiger partial charge in [-0.05, 0) is 78.6 Å². The maximum absolute atomic E-state index is 13.4. The molecule has 37 heavy (non-hydrogen) atoms. The van der Waals surface area contributed by atoms with Crippen molar-refractivity contribution in [3.63, 3.8) is 0 Å². The fraction of sp³-hybridized carbons (Fsp3) is 0.871. The summed E-state index contributed by atoms with van der Waals surface area (Å²) in [5.41, 5.74) is -1.85. The van der Waals surface area contributed by atoms with Gasteiger partial charge in [-0.25, -0.2) is 0 Å². The summed E-state index contributed by atoms with van der Waals surface area (Å²) in [6.07, 6.45) is 9.42. The van der Waals surface area contributed by atoms with E-state index in [0.29, 0.717) is 24.7 Å². The van der Waals surface area contributed by atoms with Gasteiger partial charge in [0, 0.05) is 12.8 Å². The summed E-state index contributed by atoms with van der Waals surface area (Å²) >= 11 is 0. The fourth-order valence-electron chi connectivity index (χ4n) is 5.80. The molecule has 4 atom stereocenters. The molecule has 0 amide bonds. The smallest absolute Gasteiger partial charge is 0.310 e. The molecule has 0 saturated heterocycles. The van der Waals surface area contributed by atoms with Crippen LogP contribution in [0.3, 0.4) is 0 Å². The fourth-order valence-corrected chi connectivity index (χ4v) is 5.80. The summed E-state index contributed by atoms with van der Waals surface area (Å²) in [4.78, 5) is 49.9. The summed E-state index contributed by atoms with van der Waals surface area (Å²) in [6, 6.07) is 0. The van der Waals surface area contributed by atoms with Crippen molar-refractivity contribution in [3.05, 3.63) is 0 Å². The van der Waals surface area contributed by atoms with Crippen molar-refractivity contribution >= 4 is 23.5 Å². The number of esters is 2. The Morgan fingerprint density at radius 2 is 1.22 bits per heavy atom. The van der Waals surface area contributed by atoms with E-state index < -0.39 is 35.0 Å². The quantitative estimate of drug-likeness (QED) is 0.198. The molecule has 0 spiro atoms. The molecule has 0 aromatic rings. The minimum Gasteiger partial charge on any atom is -0.459 e. The first kappa shape index (κ1) is 33.3. The highest BCUT2D eigenvalue weighted by Gasteiger charge is 2.44. The molecule has 0 bridgehead atoms. The zero-order chi connectivity index (χ0) is 28.4. The Bertz CT molecular complexity index is 766. The molecule has 1 rings (SSSR count). The predicted octanol–water partition coefficient (Wildman–Crippen LogP) is 7.25. The van der Waals surface area contributed by atoms with Crippen LogP contribution in [-0.4, -0.2) is 34.7 Å². The summed E-state index contributed by atoms with van der Waals surface area (Å²) in [5, 5.41) is 0. The lowest BCUT2D eigenvalue weighted by atomic mass is 9.72. The maximum atomic E-state index is 13.4. The Morgan fingerprint density at radius 1 is 0.730 bits per heavy atom. The van der Waals surface area contributed by atoms with Gasteiger partial charge < -0.3 is 9.47 Å². The lowest BCUT2D eigenvalue weighted by Crippen LogP contribution is -2.43. The normalized spacial score (nSPS) is 21.4. The lowest BCUT2D eigenvalue weighted by Gasteiger charge is -2.37. The molecular formula is C31H54O6. The molecule has 1 aliphatic carbocycles. The van der Waals surface area contributed by atoms with Crippen LogP contribution < -0.4 is 0 Å². The highest BCUT2D eigenvalue weighted by Crippen LogP contribution is 2.40. The largest absolute Gasteiger partial charge is 0.459 e. The number of carbonyl (C=O) groups excluding carboxylic acids is 4. The van der Waals surface area contributed by atoms with Gasteiger partial charge in [-0.2, -0.15) is 0 Å². The van der Waals surface area contributed by atoms with Crippen LogP contribution in [0.1, 0.15) is 133 Å². The Morgan fingerprint density at radius 3 is 1.70 bits per heavy atom. The van der Waals surface area contributed by atoms with Gasteiger partial charge in [0.05, 0.1) is 11.8 Å². The molecule has 4 unspecified atom stereocenters. The van der Waals surface area contributed by atoms with Crippen LogP contribution in [0.25, 0.3) is 0 Å². The van der Waals surface area contributed by atoms with E-state index in [2.05, 4.69) is 20.8 Å². The van der Waals surface area contributed by atoms with Crippen LogP contribution in [-0.2, 0) is 28.7 Å². The van der Waals surface area contributed by atoms with E-state index in [-0.39, 0.29) is 24.4 Å². The Hall–Kier alpha value is -1.72. The number of hydrogen-bond acceptors (Lipinski definition) is 6. The van der Waals surface area contributed by atoms with Gasteiger partial charge in [-0.15, -0.1) is 0 Å². The molecule has 0 aromatic carbocycles. The van der Waals surface area contributed by atoms with Gasteiger partial charge >= 0.3 is 11.9 Å². The van der Waals surface area contributed by atoms with Crippen LogP contribution in [0.5, 0.6) is 0 Å². The minimum atomic E-state index is -0.927. The van der Waals surface area contributed by atoms with Crippen LogP contribution in [0, 0.1) is 29.6 Å². The Labute approximate surface area is 226 Å². The molecule has 0 N–H and O–H groups in total. The molecule has 0 aliphatic heterocycles. The van der Waals surface area contributed by atoms with Crippen molar-refractivity contribution in [2.75, 3.05) is 0 Å². The third kappa shape index (κ3) is 13.6. The molecule has 0 radical (unpaired) electrons. The first-order valence-corrected chi connectivity index (χ1v) is 14.5. The summed E-state index contributed by atoms with van der Waals surface area (Å²) in [7, 11) is 0. The molecule has 1 fully saturated rings. The molecule has 6 heteroatoms. The number of ketones is 2. The van der Waals surface area contributed by atoms with E-state index >= 15 is 0 Å². The van der Waals surface area contributed by atoms with Gasteiger partial charge in [-0.3, -0.25) is 19.2 Å². The molecule has 214 valence electrons. The van der Waals surface area contributed by atoms with E-state index in [1.165, 1.54) is 39.5 Å². The second-order valence-electron chi connectivity index (χ2n) is 13.4. The van der Waals surface area contributed by atoms with Crippen molar-refractivity contribution in [1.29, 1.82) is 0 Å². The van der Waals surface area contributed by atoms with Crippen molar-refractivity contribution < 1.29 is 28.7 Å². The van der Waals surface area contributed by atoms with Gasteiger partial charge in [0.15, 0.2) is 0 Å². The number of ether oxygens (including phenoxy) is 2. The summed E-state index contributed by atoms with van der Waals surface area (Å²) in [5.74, 6) is -0.372. The number of Topliss-reactive ketones (excluding diaryl/α,β-unsaturated/α-hetero) is 2. The molecule has 1 aliphatic rings. The van der Waals surface area contributed by atoms with Crippen LogP contribution in [0.15, 0.2) is 0 Å². The number of rotatable bonds is 16. The van der Waals surface area contributed by atoms with Crippen LogP contribution >= 0.6 is 0 Å². The minimum absolute atomic E-state index is 0.0521. The average molecular weight is 523 g/mol. The standard InChI is InChI=1S/C31H54O6/c1-21(2)12-10-13-22(3)14-11-15-25-16-17-26(28(34)36-30(6,7)19-23(4)32)27(18-25)29(35)37-31(8,9)20-24(5)33/h21-22,25-27H,10-20H2,1-9H3. The van der Waals surface area contributed by atoms with Gasteiger partial charge in [0.25, 0.3) is 0 Å². The molecule has 0 aromatic heterocycles. The van der Waals surface area contributed by atoms with Crippen molar-refractivity contribution in [2.45, 2.75) is 144 Å². The summed E-state index contributed by atoms with van der Waals surface area (Å²) < 4.78 is 11.5. The van der Waals surface area contributed by atoms with Crippen molar-refractivity contribution in [3.8, 4) is 0 Å².